The molecule has 0 aliphatic carbocycles. The fourth-order valence-corrected chi connectivity index (χ4v) is 1.46. The molecule has 18 heavy (non-hydrogen) atoms. The van der Waals surface area contributed by atoms with Crippen molar-refractivity contribution in [1.82, 2.24) is 10.7 Å². The van der Waals surface area contributed by atoms with Crippen molar-refractivity contribution in [3.8, 4) is 0 Å². The fraction of sp³-hybridized carbons (Fsp3) is 0.0769. The van der Waals surface area contributed by atoms with Crippen molar-refractivity contribution in [2.45, 2.75) is 6.54 Å². The Morgan fingerprint density at radius 2 is 2.06 bits per heavy atom. The number of hydrazone groups is 1. The molecular formula is C13H13N3OS. The van der Waals surface area contributed by atoms with Gasteiger partial charge in [0.2, 0.25) is 0 Å². The van der Waals surface area contributed by atoms with Crippen LogP contribution in [0.3, 0.4) is 0 Å². The molecule has 1 aromatic heterocycles. The molecule has 0 aliphatic rings. The summed E-state index contributed by atoms with van der Waals surface area (Å²) in [5, 5.41) is 7.48. The number of furan rings is 1. The summed E-state index contributed by atoms with van der Waals surface area (Å²) in [6.07, 6.45) is 3.16. The predicted molar refractivity (Wildman–Crippen MR) is 75.3 cm³/mol. The second kappa shape index (κ2) is 6.56. The molecule has 0 amide bonds. The Morgan fingerprint density at radius 1 is 1.22 bits per heavy atom. The van der Waals surface area contributed by atoms with E-state index < -0.39 is 0 Å². The van der Waals surface area contributed by atoms with Gasteiger partial charge in [-0.2, -0.15) is 5.10 Å². The summed E-state index contributed by atoms with van der Waals surface area (Å²) >= 11 is 5.08. The van der Waals surface area contributed by atoms with E-state index in [-0.39, 0.29) is 0 Å². The summed E-state index contributed by atoms with van der Waals surface area (Å²) in [5.74, 6) is 0.674. The van der Waals surface area contributed by atoms with Crippen LogP contribution < -0.4 is 10.7 Å². The molecule has 0 bridgehead atoms. The second-order valence-corrected chi connectivity index (χ2v) is 3.96. The van der Waals surface area contributed by atoms with E-state index >= 15 is 0 Å². The van der Waals surface area contributed by atoms with Gasteiger partial charge in [-0.15, -0.1) is 0 Å². The Morgan fingerprint density at radius 3 is 2.78 bits per heavy atom. The minimum absolute atomic E-state index is 0.474. The molecule has 0 aliphatic heterocycles. The quantitative estimate of drug-likeness (QED) is 0.502. The van der Waals surface area contributed by atoms with Crippen molar-refractivity contribution >= 4 is 23.5 Å². The van der Waals surface area contributed by atoms with Crippen LogP contribution in [0.1, 0.15) is 11.3 Å². The smallest absolute Gasteiger partial charge is 0.187 e. The van der Waals surface area contributed by atoms with Crippen molar-refractivity contribution in [1.29, 1.82) is 0 Å². The van der Waals surface area contributed by atoms with Gasteiger partial charge in [0.25, 0.3) is 0 Å². The first-order chi connectivity index (χ1) is 8.84. The Hall–Kier alpha value is -2.14. The molecule has 2 rings (SSSR count). The first kappa shape index (κ1) is 12.3. The van der Waals surface area contributed by atoms with Gasteiger partial charge in [-0.05, 0) is 29.9 Å². The Labute approximate surface area is 111 Å². The zero-order valence-electron chi connectivity index (χ0n) is 9.67. The maximum atomic E-state index is 5.09. The predicted octanol–water partition coefficient (Wildman–Crippen LogP) is 2.28. The highest BCUT2D eigenvalue weighted by molar-refractivity contribution is 7.80. The van der Waals surface area contributed by atoms with E-state index in [0.717, 1.165) is 5.56 Å². The standard InChI is InChI=1S/C13H13N3OS/c18-13(14-9-11-5-2-1-3-6-11)16-15-10-12-7-4-8-17-12/h1-8,10H,9H2,(H2,14,16,18). The Kier molecular flexibility index (Phi) is 4.49. The first-order valence-corrected chi connectivity index (χ1v) is 5.90. The monoisotopic (exact) mass is 259 g/mol. The van der Waals surface area contributed by atoms with E-state index in [2.05, 4.69) is 15.8 Å². The molecule has 1 heterocycles. The van der Waals surface area contributed by atoms with Gasteiger partial charge in [-0.3, -0.25) is 5.43 Å². The Bertz CT molecular complexity index is 508. The highest BCUT2D eigenvalue weighted by Gasteiger charge is 1.94. The zero-order chi connectivity index (χ0) is 12.6. The van der Waals surface area contributed by atoms with Gasteiger partial charge < -0.3 is 9.73 Å². The minimum Gasteiger partial charge on any atom is -0.463 e. The molecule has 0 saturated carbocycles. The molecule has 0 spiro atoms. The van der Waals surface area contributed by atoms with Crippen molar-refractivity contribution < 1.29 is 4.42 Å². The highest BCUT2D eigenvalue weighted by atomic mass is 32.1. The summed E-state index contributed by atoms with van der Waals surface area (Å²) in [7, 11) is 0. The third-order valence-electron chi connectivity index (χ3n) is 2.20. The lowest BCUT2D eigenvalue weighted by atomic mass is 10.2. The number of hydrogen-bond donors (Lipinski definition) is 2. The van der Waals surface area contributed by atoms with E-state index in [4.69, 9.17) is 16.6 Å². The third kappa shape index (κ3) is 4.03. The lowest BCUT2D eigenvalue weighted by molar-refractivity contribution is 0.560. The minimum atomic E-state index is 0.474. The summed E-state index contributed by atoms with van der Waals surface area (Å²) in [5.41, 5.74) is 3.88. The van der Waals surface area contributed by atoms with Gasteiger partial charge >= 0.3 is 0 Å². The molecule has 0 unspecified atom stereocenters. The van der Waals surface area contributed by atoms with Crippen molar-refractivity contribution in [2.75, 3.05) is 0 Å². The second-order valence-electron chi connectivity index (χ2n) is 3.55. The van der Waals surface area contributed by atoms with Crippen LogP contribution in [-0.4, -0.2) is 11.3 Å². The van der Waals surface area contributed by atoms with Crippen molar-refractivity contribution in [2.24, 2.45) is 5.10 Å². The maximum Gasteiger partial charge on any atom is 0.187 e. The lowest BCUT2D eigenvalue weighted by Gasteiger charge is -2.06. The SMILES string of the molecule is S=C(NCc1ccccc1)NN=Cc1ccco1. The molecule has 5 heteroatoms. The molecule has 0 atom stereocenters. The topological polar surface area (TPSA) is 49.6 Å². The molecule has 2 N–H and O–H groups in total. The summed E-state index contributed by atoms with van der Waals surface area (Å²) in [4.78, 5) is 0. The van der Waals surface area contributed by atoms with E-state index in [1.54, 1.807) is 18.5 Å². The van der Waals surface area contributed by atoms with Crippen LogP contribution in [0.25, 0.3) is 0 Å². The van der Waals surface area contributed by atoms with Gasteiger partial charge in [0.1, 0.15) is 5.76 Å². The van der Waals surface area contributed by atoms with E-state index in [1.807, 2.05) is 36.4 Å². The van der Waals surface area contributed by atoms with Crippen LogP contribution in [0.4, 0.5) is 0 Å². The van der Waals surface area contributed by atoms with Crippen LogP contribution >= 0.6 is 12.2 Å². The zero-order valence-corrected chi connectivity index (χ0v) is 10.5. The third-order valence-corrected chi connectivity index (χ3v) is 2.43. The summed E-state index contributed by atoms with van der Waals surface area (Å²) in [6, 6.07) is 13.6. The fourth-order valence-electron chi connectivity index (χ4n) is 1.34. The van der Waals surface area contributed by atoms with Crippen LogP contribution in [0.2, 0.25) is 0 Å². The Balaban J connectivity index is 1.73. The molecule has 4 nitrogen and oxygen atoms in total. The number of nitrogens with zero attached hydrogens (tertiary/aromatic N) is 1. The van der Waals surface area contributed by atoms with Crippen LogP contribution in [0, 0.1) is 0 Å². The highest BCUT2D eigenvalue weighted by Crippen LogP contribution is 1.97. The van der Waals surface area contributed by atoms with Gasteiger partial charge in [-0.1, -0.05) is 30.3 Å². The van der Waals surface area contributed by atoms with Crippen LogP contribution in [0.5, 0.6) is 0 Å². The largest absolute Gasteiger partial charge is 0.463 e. The number of benzene rings is 1. The summed E-state index contributed by atoms with van der Waals surface area (Å²) < 4.78 is 5.09. The van der Waals surface area contributed by atoms with Gasteiger partial charge in [0, 0.05) is 6.54 Å². The molecule has 1 aromatic carbocycles. The normalized spacial score (nSPS) is 10.4. The number of nitrogens with one attached hydrogen (secondary N) is 2. The average molecular weight is 259 g/mol. The van der Waals surface area contributed by atoms with Crippen molar-refractivity contribution in [3.05, 3.63) is 60.1 Å². The van der Waals surface area contributed by atoms with Gasteiger partial charge in [-0.25, -0.2) is 0 Å². The van der Waals surface area contributed by atoms with E-state index in [9.17, 15) is 0 Å². The number of hydrogen-bond acceptors (Lipinski definition) is 3. The number of thiocarbonyl (C=S) groups is 1. The lowest BCUT2D eigenvalue weighted by Crippen LogP contribution is -2.31. The number of rotatable bonds is 4. The van der Waals surface area contributed by atoms with Gasteiger partial charge in [0.15, 0.2) is 5.11 Å². The maximum absolute atomic E-state index is 5.09. The van der Waals surface area contributed by atoms with Gasteiger partial charge in [0.05, 0.1) is 12.5 Å². The first-order valence-electron chi connectivity index (χ1n) is 5.49. The molecule has 0 radical (unpaired) electrons. The van der Waals surface area contributed by atoms with E-state index in [0.29, 0.717) is 17.4 Å². The molecule has 0 saturated heterocycles. The average Bonchev–Trinajstić information content (AvgIpc) is 2.91. The van der Waals surface area contributed by atoms with E-state index in [1.165, 1.54) is 0 Å². The van der Waals surface area contributed by atoms with Crippen LogP contribution in [0.15, 0.2) is 58.2 Å². The molecule has 92 valence electrons. The van der Waals surface area contributed by atoms with Crippen molar-refractivity contribution in [3.63, 3.8) is 0 Å². The molecule has 0 fully saturated rings. The molecular weight excluding hydrogens is 246 g/mol. The molecule has 2 aromatic rings. The van der Waals surface area contributed by atoms with Crippen LogP contribution in [-0.2, 0) is 6.54 Å². The summed E-state index contributed by atoms with van der Waals surface area (Å²) in [6.45, 7) is 0.670.